The maximum atomic E-state index is 14.5. The number of benzene rings is 3. The van der Waals surface area contributed by atoms with Gasteiger partial charge in [0, 0.05) is 54.7 Å². The van der Waals surface area contributed by atoms with E-state index in [4.69, 9.17) is 9.47 Å². The molecule has 2 heterocycles. The molecule has 3 aromatic rings. The molecule has 1 saturated heterocycles. The first-order valence-corrected chi connectivity index (χ1v) is 14.4. The number of rotatable bonds is 8. The molecule has 0 bridgehead atoms. The summed E-state index contributed by atoms with van der Waals surface area (Å²) in [6, 6.07) is 18.8. The number of nitrogens with one attached hydrogen (secondary N) is 1. The van der Waals surface area contributed by atoms with Gasteiger partial charge < -0.3 is 19.7 Å². The van der Waals surface area contributed by atoms with Gasteiger partial charge in [-0.3, -0.25) is 14.5 Å². The molecular weight excluding hydrogens is 521 g/mol. The highest BCUT2D eigenvalue weighted by Crippen LogP contribution is 2.39. The van der Waals surface area contributed by atoms with E-state index in [0.29, 0.717) is 41.1 Å². The van der Waals surface area contributed by atoms with Crippen LogP contribution in [0, 0.1) is 12.7 Å². The molecule has 2 aliphatic heterocycles. The molecule has 7 nitrogen and oxygen atoms in total. The Bertz CT molecular complexity index is 1360. The topological polar surface area (TPSA) is 71.1 Å². The molecule has 2 aliphatic rings. The summed E-state index contributed by atoms with van der Waals surface area (Å²) in [4.78, 5) is 30.7. The molecule has 5 rings (SSSR count). The monoisotopic (exact) mass is 559 g/mol. The predicted molar refractivity (Wildman–Crippen MR) is 158 cm³/mol. The zero-order valence-electron chi connectivity index (χ0n) is 23.8. The maximum Gasteiger partial charge on any atom is 0.258 e. The fourth-order valence-corrected chi connectivity index (χ4v) is 5.60. The van der Waals surface area contributed by atoms with Crippen molar-refractivity contribution in [1.29, 1.82) is 0 Å². The first-order chi connectivity index (χ1) is 19.9. The first-order valence-electron chi connectivity index (χ1n) is 14.4. The molecule has 0 radical (unpaired) electrons. The number of morpholine rings is 1. The lowest BCUT2D eigenvalue weighted by Crippen LogP contribution is -2.38. The van der Waals surface area contributed by atoms with Gasteiger partial charge in [0.1, 0.15) is 5.82 Å². The summed E-state index contributed by atoms with van der Waals surface area (Å²) in [6.45, 7) is 8.82. The number of amides is 2. The van der Waals surface area contributed by atoms with Crippen LogP contribution in [0.15, 0.2) is 66.7 Å². The van der Waals surface area contributed by atoms with E-state index >= 15 is 0 Å². The molecule has 1 fully saturated rings. The van der Waals surface area contributed by atoms with Gasteiger partial charge in [0.25, 0.3) is 11.8 Å². The Hall–Kier alpha value is -3.59. The molecule has 0 aromatic heterocycles. The Morgan fingerprint density at radius 3 is 2.54 bits per heavy atom. The summed E-state index contributed by atoms with van der Waals surface area (Å²) in [5.74, 6) is -0.716. The predicted octanol–water partition coefficient (Wildman–Crippen LogP) is 6.00. The fourth-order valence-electron chi connectivity index (χ4n) is 5.60. The molecule has 41 heavy (non-hydrogen) atoms. The lowest BCUT2D eigenvalue weighted by molar-refractivity contribution is 0.0180. The van der Waals surface area contributed by atoms with E-state index in [1.54, 1.807) is 41.3 Å². The quantitative estimate of drug-likeness (QED) is 0.343. The maximum absolute atomic E-state index is 14.5. The van der Waals surface area contributed by atoms with E-state index in [1.165, 1.54) is 12.1 Å². The summed E-state index contributed by atoms with van der Waals surface area (Å²) in [5.41, 5.74) is 3.97. The van der Waals surface area contributed by atoms with E-state index in [1.807, 2.05) is 32.0 Å². The molecule has 8 heteroatoms. The molecule has 2 atom stereocenters. The Morgan fingerprint density at radius 1 is 1.02 bits per heavy atom. The zero-order valence-corrected chi connectivity index (χ0v) is 23.8. The molecule has 0 aliphatic carbocycles. The second-order valence-electron chi connectivity index (χ2n) is 10.8. The van der Waals surface area contributed by atoms with Crippen LogP contribution in [0.4, 0.5) is 15.8 Å². The molecule has 0 spiro atoms. The van der Waals surface area contributed by atoms with E-state index in [-0.39, 0.29) is 29.8 Å². The molecule has 3 aromatic carbocycles. The number of carbonyl (C=O) groups is 2. The highest BCUT2D eigenvalue weighted by molar-refractivity contribution is 6.08. The Morgan fingerprint density at radius 2 is 1.78 bits per heavy atom. The smallest absolute Gasteiger partial charge is 0.258 e. The van der Waals surface area contributed by atoms with Gasteiger partial charge >= 0.3 is 0 Å². The van der Waals surface area contributed by atoms with Crippen LogP contribution in [0.3, 0.4) is 0 Å². The number of carbonyl (C=O) groups excluding carboxylic acids is 2. The van der Waals surface area contributed by atoms with Crippen molar-refractivity contribution in [3.8, 4) is 0 Å². The van der Waals surface area contributed by atoms with Crippen LogP contribution in [-0.2, 0) is 9.47 Å². The van der Waals surface area contributed by atoms with E-state index in [9.17, 15) is 14.0 Å². The SMILES string of the molecule is Cc1ccccc1C(=O)Nc1ccc(C(=O)N2c3ccc(F)cc3C(OCCCN3CCOCC3)CCC2C)cc1. The minimum Gasteiger partial charge on any atom is -0.379 e. The highest BCUT2D eigenvalue weighted by atomic mass is 19.1. The molecule has 0 saturated carbocycles. The number of hydrogen-bond acceptors (Lipinski definition) is 5. The Labute approximate surface area is 241 Å². The van der Waals surface area contributed by atoms with Crippen LogP contribution in [0.2, 0.25) is 0 Å². The van der Waals surface area contributed by atoms with Gasteiger partial charge in [0.05, 0.1) is 25.0 Å². The lowest BCUT2D eigenvalue weighted by atomic mass is 10.0. The molecule has 2 amide bonds. The zero-order chi connectivity index (χ0) is 28.8. The minimum atomic E-state index is -0.346. The average molecular weight is 560 g/mol. The van der Waals surface area contributed by atoms with Gasteiger partial charge in [-0.2, -0.15) is 0 Å². The third-order valence-corrected chi connectivity index (χ3v) is 7.92. The molecular formula is C33H38FN3O4. The molecule has 2 unspecified atom stereocenters. The number of ether oxygens (including phenoxy) is 2. The van der Waals surface area contributed by atoms with Gasteiger partial charge in [-0.25, -0.2) is 4.39 Å². The van der Waals surface area contributed by atoms with Gasteiger partial charge in [-0.15, -0.1) is 0 Å². The summed E-state index contributed by atoms with van der Waals surface area (Å²) in [6.07, 6.45) is 2.01. The highest BCUT2D eigenvalue weighted by Gasteiger charge is 2.32. The van der Waals surface area contributed by atoms with Crippen molar-refractivity contribution in [2.24, 2.45) is 0 Å². The van der Waals surface area contributed by atoms with Crippen molar-refractivity contribution in [3.05, 3.63) is 94.8 Å². The van der Waals surface area contributed by atoms with E-state index < -0.39 is 0 Å². The van der Waals surface area contributed by atoms with Gasteiger partial charge in [0.15, 0.2) is 0 Å². The second kappa shape index (κ2) is 13.4. The molecule has 1 N–H and O–H groups in total. The number of aryl methyl sites for hydroxylation is 1. The van der Waals surface area contributed by atoms with Crippen LogP contribution >= 0.6 is 0 Å². The lowest BCUT2D eigenvalue weighted by Gasteiger charge is -2.29. The van der Waals surface area contributed by atoms with Crippen molar-refractivity contribution >= 4 is 23.2 Å². The Kier molecular flexibility index (Phi) is 9.44. The number of nitrogens with zero attached hydrogens (tertiary/aromatic N) is 2. The summed E-state index contributed by atoms with van der Waals surface area (Å²) < 4.78 is 26.2. The van der Waals surface area contributed by atoms with E-state index in [0.717, 1.165) is 51.3 Å². The molecule has 216 valence electrons. The Balaban J connectivity index is 1.29. The van der Waals surface area contributed by atoms with Gasteiger partial charge in [-0.05, 0) is 87.2 Å². The normalized spacial score (nSPS) is 19.3. The fraction of sp³-hybridized carbons (Fsp3) is 0.394. The summed E-state index contributed by atoms with van der Waals surface area (Å²) in [7, 11) is 0. The average Bonchev–Trinajstić information content (AvgIpc) is 3.11. The van der Waals surface area contributed by atoms with Crippen LogP contribution < -0.4 is 10.2 Å². The van der Waals surface area contributed by atoms with Crippen molar-refractivity contribution in [1.82, 2.24) is 4.90 Å². The number of hydrogen-bond donors (Lipinski definition) is 1. The number of anilines is 2. The summed E-state index contributed by atoms with van der Waals surface area (Å²) in [5, 5.41) is 2.91. The van der Waals surface area contributed by atoms with Crippen LogP contribution in [0.1, 0.15) is 64.1 Å². The first kappa shape index (κ1) is 28.9. The second-order valence-corrected chi connectivity index (χ2v) is 10.8. The third-order valence-electron chi connectivity index (χ3n) is 7.92. The standard InChI is InChI=1S/C33H38FN3O4/c1-23-6-3-4-7-28(23)32(38)35-27-12-9-25(10-13-27)33(39)37-24(2)8-15-31(29-22-26(34)11-14-30(29)37)41-19-5-16-36-17-20-40-21-18-36/h3-4,6-7,9-14,22,24,31H,5,8,15-21H2,1-2H3,(H,35,38). The largest absolute Gasteiger partial charge is 0.379 e. The van der Waals surface area contributed by atoms with Crippen LogP contribution in [0.5, 0.6) is 0 Å². The van der Waals surface area contributed by atoms with Crippen molar-refractivity contribution < 1.29 is 23.5 Å². The van der Waals surface area contributed by atoms with Gasteiger partial charge in [0.2, 0.25) is 0 Å². The van der Waals surface area contributed by atoms with Crippen molar-refractivity contribution in [2.75, 3.05) is 49.7 Å². The minimum absolute atomic E-state index is 0.103. The van der Waals surface area contributed by atoms with Crippen LogP contribution in [0.25, 0.3) is 0 Å². The van der Waals surface area contributed by atoms with Crippen molar-refractivity contribution in [3.63, 3.8) is 0 Å². The van der Waals surface area contributed by atoms with Gasteiger partial charge in [-0.1, -0.05) is 18.2 Å². The number of fused-ring (bicyclic) bond motifs is 1. The van der Waals surface area contributed by atoms with Crippen molar-refractivity contribution in [2.45, 2.75) is 45.3 Å². The summed E-state index contributed by atoms with van der Waals surface area (Å²) >= 11 is 0. The van der Waals surface area contributed by atoms with E-state index in [2.05, 4.69) is 10.2 Å². The van der Waals surface area contributed by atoms with Crippen LogP contribution in [-0.4, -0.2) is 62.2 Å². The number of halogens is 1. The third kappa shape index (κ3) is 7.01.